The van der Waals surface area contributed by atoms with Crippen LogP contribution in [-0.2, 0) is 10.0 Å². The van der Waals surface area contributed by atoms with Gasteiger partial charge >= 0.3 is 0 Å². The van der Waals surface area contributed by atoms with Gasteiger partial charge in [-0.05, 0) is 38.1 Å². The van der Waals surface area contributed by atoms with Crippen LogP contribution >= 0.6 is 11.6 Å². The van der Waals surface area contributed by atoms with Crippen LogP contribution in [0.4, 0.5) is 0 Å². The number of hydrogen-bond acceptors (Lipinski definition) is 3. The van der Waals surface area contributed by atoms with Crippen LogP contribution in [0.15, 0.2) is 29.2 Å². The number of nitrogens with zero attached hydrogens (tertiary/aromatic N) is 1. The first-order valence-electron chi connectivity index (χ1n) is 6.24. The average molecular weight is 306 g/mol. The normalized spacial score (nSPS) is 12.1. The Morgan fingerprint density at radius 3 is 2.26 bits per heavy atom. The first kappa shape index (κ1) is 16.3. The largest absolute Gasteiger partial charge is 0.492 e. The topological polar surface area (TPSA) is 46.6 Å². The molecule has 0 aliphatic rings. The number of hydrogen-bond donors (Lipinski definition) is 0. The standard InChI is InChI=1S/C13H20ClNO3S/c1-4-15(11(2)3)19(16,17)13-7-5-12(6-8-13)18-10-9-14/h5-8,11H,4,9-10H2,1-3H3. The van der Waals surface area contributed by atoms with Gasteiger partial charge in [0.1, 0.15) is 12.4 Å². The molecule has 0 unspecified atom stereocenters. The van der Waals surface area contributed by atoms with E-state index >= 15 is 0 Å². The minimum atomic E-state index is -3.44. The number of ether oxygens (including phenoxy) is 1. The molecule has 0 fully saturated rings. The Morgan fingerprint density at radius 2 is 1.84 bits per heavy atom. The molecule has 1 aromatic rings. The molecule has 4 nitrogen and oxygen atoms in total. The zero-order valence-electron chi connectivity index (χ0n) is 11.5. The third-order valence-corrected chi connectivity index (χ3v) is 4.98. The Bertz CT molecular complexity index is 485. The summed E-state index contributed by atoms with van der Waals surface area (Å²) in [5.74, 6) is 1.02. The van der Waals surface area contributed by atoms with Crippen molar-refractivity contribution in [3.05, 3.63) is 24.3 Å². The summed E-state index contributed by atoms with van der Waals surface area (Å²) >= 11 is 5.52. The van der Waals surface area contributed by atoms with Crippen molar-refractivity contribution in [3.8, 4) is 5.75 Å². The maximum atomic E-state index is 12.4. The van der Waals surface area contributed by atoms with Crippen molar-refractivity contribution in [2.45, 2.75) is 31.7 Å². The van der Waals surface area contributed by atoms with E-state index in [0.717, 1.165) is 0 Å². The number of benzene rings is 1. The highest BCUT2D eigenvalue weighted by Crippen LogP contribution is 2.21. The van der Waals surface area contributed by atoms with Crippen molar-refractivity contribution in [1.82, 2.24) is 4.31 Å². The van der Waals surface area contributed by atoms with E-state index in [9.17, 15) is 8.42 Å². The van der Waals surface area contributed by atoms with Gasteiger partial charge < -0.3 is 4.74 Å². The molecule has 0 aliphatic heterocycles. The van der Waals surface area contributed by atoms with Crippen LogP contribution in [0.1, 0.15) is 20.8 Å². The maximum Gasteiger partial charge on any atom is 0.243 e. The quantitative estimate of drug-likeness (QED) is 0.728. The molecule has 0 spiro atoms. The molecule has 0 saturated carbocycles. The summed E-state index contributed by atoms with van der Waals surface area (Å²) in [6, 6.07) is 6.34. The summed E-state index contributed by atoms with van der Waals surface area (Å²) in [5.41, 5.74) is 0. The molecule has 0 aromatic heterocycles. The van der Waals surface area contributed by atoms with Crippen LogP contribution < -0.4 is 4.74 Å². The Labute approximate surface area is 120 Å². The van der Waals surface area contributed by atoms with Gasteiger partial charge in [0, 0.05) is 12.6 Å². The van der Waals surface area contributed by atoms with Crippen LogP contribution in [0, 0.1) is 0 Å². The van der Waals surface area contributed by atoms with Crippen LogP contribution in [-0.4, -0.2) is 37.8 Å². The summed E-state index contributed by atoms with van der Waals surface area (Å²) in [7, 11) is -3.44. The van der Waals surface area contributed by atoms with Crippen LogP contribution in [0.3, 0.4) is 0 Å². The SMILES string of the molecule is CCN(C(C)C)S(=O)(=O)c1ccc(OCCCl)cc1. The first-order chi connectivity index (χ1) is 8.93. The summed E-state index contributed by atoms with van der Waals surface area (Å²) in [6.07, 6.45) is 0. The lowest BCUT2D eigenvalue weighted by Gasteiger charge is -2.24. The van der Waals surface area contributed by atoms with Gasteiger partial charge in [0.2, 0.25) is 10.0 Å². The number of rotatable bonds is 7. The molecular weight excluding hydrogens is 286 g/mol. The lowest BCUT2D eigenvalue weighted by atomic mass is 10.3. The highest BCUT2D eigenvalue weighted by Gasteiger charge is 2.25. The van der Waals surface area contributed by atoms with E-state index in [1.807, 2.05) is 20.8 Å². The molecular formula is C13H20ClNO3S. The van der Waals surface area contributed by atoms with E-state index in [1.165, 1.54) is 4.31 Å². The summed E-state index contributed by atoms with van der Waals surface area (Å²) in [4.78, 5) is 0.279. The Balaban J connectivity index is 2.96. The zero-order chi connectivity index (χ0) is 14.5. The molecule has 0 amide bonds. The highest BCUT2D eigenvalue weighted by molar-refractivity contribution is 7.89. The smallest absolute Gasteiger partial charge is 0.243 e. The van der Waals surface area contributed by atoms with Crippen LogP contribution in [0.5, 0.6) is 5.75 Å². The van der Waals surface area contributed by atoms with Crippen molar-refractivity contribution in [2.75, 3.05) is 19.0 Å². The van der Waals surface area contributed by atoms with Gasteiger partial charge in [-0.25, -0.2) is 8.42 Å². The molecule has 0 radical (unpaired) electrons. The van der Waals surface area contributed by atoms with E-state index in [4.69, 9.17) is 16.3 Å². The number of sulfonamides is 1. The second-order valence-corrected chi connectivity index (χ2v) is 6.58. The lowest BCUT2D eigenvalue weighted by Crippen LogP contribution is -2.36. The van der Waals surface area contributed by atoms with Gasteiger partial charge in [0.25, 0.3) is 0 Å². The van der Waals surface area contributed by atoms with Crippen molar-refractivity contribution >= 4 is 21.6 Å². The van der Waals surface area contributed by atoms with Gasteiger partial charge in [0.05, 0.1) is 10.8 Å². The second kappa shape index (κ2) is 7.12. The van der Waals surface area contributed by atoms with E-state index in [-0.39, 0.29) is 10.9 Å². The highest BCUT2D eigenvalue weighted by atomic mass is 35.5. The second-order valence-electron chi connectivity index (χ2n) is 4.31. The summed E-state index contributed by atoms with van der Waals surface area (Å²) < 4.78 is 31.6. The summed E-state index contributed by atoms with van der Waals surface area (Å²) in [5, 5.41) is 0. The van der Waals surface area contributed by atoms with Gasteiger partial charge in [-0.15, -0.1) is 11.6 Å². The van der Waals surface area contributed by atoms with Gasteiger partial charge in [0.15, 0.2) is 0 Å². The fraction of sp³-hybridized carbons (Fsp3) is 0.538. The third-order valence-electron chi connectivity index (χ3n) is 2.66. The fourth-order valence-corrected chi connectivity index (χ4v) is 3.54. The predicted molar refractivity (Wildman–Crippen MR) is 77.4 cm³/mol. The first-order valence-corrected chi connectivity index (χ1v) is 8.21. The number of halogens is 1. The van der Waals surface area contributed by atoms with Crippen LogP contribution in [0.2, 0.25) is 0 Å². The third kappa shape index (κ3) is 4.09. The van der Waals surface area contributed by atoms with Gasteiger partial charge in [-0.1, -0.05) is 6.92 Å². The molecule has 1 aromatic carbocycles. The van der Waals surface area contributed by atoms with E-state index in [1.54, 1.807) is 24.3 Å². The molecule has 1 rings (SSSR count). The molecule has 6 heteroatoms. The van der Waals surface area contributed by atoms with Crippen LogP contribution in [0.25, 0.3) is 0 Å². The van der Waals surface area contributed by atoms with E-state index in [2.05, 4.69) is 0 Å². The maximum absolute atomic E-state index is 12.4. The van der Waals surface area contributed by atoms with Crippen molar-refractivity contribution < 1.29 is 13.2 Å². The van der Waals surface area contributed by atoms with Crippen molar-refractivity contribution in [1.29, 1.82) is 0 Å². The average Bonchev–Trinajstić information content (AvgIpc) is 2.36. The zero-order valence-corrected chi connectivity index (χ0v) is 13.0. The molecule has 0 atom stereocenters. The van der Waals surface area contributed by atoms with Crippen molar-refractivity contribution in [3.63, 3.8) is 0 Å². The Kier molecular flexibility index (Phi) is 6.10. The molecule has 0 N–H and O–H groups in total. The molecule has 0 aliphatic carbocycles. The van der Waals surface area contributed by atoms with Gasteiger partial charge in [-0.3, -0.25) is 0 Å². The Morgan fingerprint density at radius 1 is 1.26 bits per heavy atom. The minimum Gasteiger partial charge on any atom is -0.492 e. The Hall–Kier alpha value is -0.780. The molecule has 0 heterocycles. The van der Waals surface area contributed by atoms with E-state index < -0.39 is 10.0 Å². The number of alkyl halides is 1. The fourth-order valence-electron chi connectivity index (χ4n) is 1.81. The van der Waals surface area contributed by atoms with Crippen molar-refractivity contribution in [2.24, 2.45) is 0 Å². The molecule has 19 heavy (non-hydrogen) atoms. The molecule has 108 valence electrons. The minimum absolute atomic E-state index is 0.0674. The lowest BCUT2D eigenvalue weighted by molar-refractivity contribution is 0.342. The summed E-state index contributed by atoms with van der Waals surface area (Å²) in [6.45, 7) is 6.40. The monoisotopic (exact) mass is 305 g/mol. The predicted octanol–water partition coefficient (Wildman–Crippen LogP) is 2.72. The molecule has 0 bridgehead atoms. The molecule has 0 saturated heterocycles. The van der Waals surface area contributed by atoms with E-state index in [0.29, 0.717) is 24.8 Å². The van der Waals surface area contributed by atoms with Gasteiger partial charge in [-0.2, -0.15) is 4.31 Å².